The summed E-state index contributed by atoms with van der Waals surface area (Å²) in [5, 5.41) is 8.07. The molecule has 0 saturated carbocycles. The first-order chi connectivity index (χ1) is 9.15. The summed E-state index contributed by atoms with van der Waals surface area (Å²) in [6.45, 7) is 4.35. The van der Waals surface area contributed by atoms with E-state index in [1.165, 1.54) is 5.56 Å². The summed E-state index contributed by atoms with van der Waals surface area (Å²) >= 11 is 1.15. The number of ether oxygens (including phenoxy) is 1. The summed E-state index contributed by atoms with van der Waals surface area (Å²) in [5.41, 5.74) is 1.52. The zero-order chi connectivity index (χ0) is 13.7. The molecule has 0 bridgehead atoms. The minimum absolute atomic E-state index is 0.113. The van der Waals surface area contributed by atoms with Gasteiger partial charge in [0.05, 0.1) is 6.54 Å². The lowest BCUT2D eigenvalue weighted by Crippen LogP contribution is -2.33. The first kappa shape index (κ1) is 13.5. The molecule has 1 aromatic carbocycles. The third kappa shape index (κ3) is 4.03. The normalized spacial score (nSPS) is 11.9. The van der Waals surface area contributed by atoms with Crippen LogP contribution in [0.3, 0.4) is 0 Å². The molecule has 0 aliphatic heterocycles. The van der Waals surface area contributed by atoms with Crippen molar-refractivity contribution in [3.63, 3.8) is 0 Å². The van der Waals surface area contributed by atoms with E-state index in [1.807, 2.05) is 38.1 Å². The van der Waals surface area contributed by atoms with Gasteiger partial charge in [-0.1, -0.05) is 22.2 Å². The van der Waals surface area contributed by atoms with Crippen LogP contribution in [0, 0.1) is 6.92 Å². The zero-order valence-corrected chi connectivity index (χ0v) is 11.6. The van der Waals surface area contributed by atoms with Crippen molar-refractivity contribution in [1.82, 2.24) is 14.9 Å². The number of hydrogen-bond donors (Lipinski definition) is 1. The number of nitrogens with zero attached hydrogens (tertiary/aromatic N) is 2. The number of carbonyl (C=O) groups is 1. The molecule has 1 N–H and O–H groups in total. The molecule has 6 heteroatoms. The van der Waals surface area contributed by atoms with Crippen LogP contribution in [0.2, 0.25) is 0 Å². The minimum atomic E-state index is -0.229. The molecule has 19 heavy (non-hydrogen) atoms. The van der Waals surface area contributed by atoms with Gasteiger partial charge in [-0.3, -0.25) is 4.79 Å². The van der Waals surface area contributed by atoms with Gasteiger partial charge < -0.3 is 10.1 Å². The molecule has 2 aromatic rings. The van der Waals surface area contributed by atoms with Crippen molar-refractivity contribution in [2.24, 2.45) is 0 Å². The van der Waals surface area contributed by atoms with Gasteiger partial charge in [0.1, 0.15) is 11.9 Å². The second kappa shape index (κ2) is 6.29. The third-order valence-corrected chi connectivity index (χ3v) is 3.01. The molecule has 0 spiro atoms. The predicted octanol–water partition coefficient (Wildman–Crippen LogP) is 2.04. The molecule has 5 nitrogen and oxygen atoms in total. The van der Waals surface area contributed by atoms with Crippen LogP contribution in [0.1, 0.15) is 23.0 Å². The Hall–Kier alpha value is -1.95. The molecule has 0 unspecified atom stereocenters. The highest BCUT2D eigenvalue weighted by atomic mass is 32.1. The molecule has 1 atom stereocenters. The summed E-state index contributed by atoms with van der Waals surface area (Å²) in [4.78, 5) is 11.6. The maximum atomic E-state index is 11.6. The Bertz CT molecular complexity index is 525. The number of aromatic nitrogens is 2. The van der Waals surface area contributed by atoms with E-state index in [0.717, 1.165) is 17.3 Å². The molecule has 2 rings (SSSR count). The summed E-state index contributed by atoms with van der Waals surface area (Å²) in [7, 11) is 0. The molecule has 0 aliphatic carbocycles. The Kier molecular flexibility index (Phi) is 4.46. The van der Waals surface area contributed by atoms with Gasteiger partial charge in [-0.25, -0.2) is 0 Å². The van der Waals surface area contributed by atoms with E-state index in [1.54, 1.807) is 5.38 Å². The van der Waals surface area contributed by atoms with Crippen LogP contribution in [0.25, 0.3) is 0 Å². The highest BCUT2D eigenvalue weighted by Gasteiger charge is 2.10. The predicted molar refractivity (Wildman–Crippen MR) is 73.5 cm³/mol. The summed E-state index contributed by atoms with van der Waals surface area (Å²) < 4.78 is 9.33. The van der Waals surface area contributed by atoms with Crippen LogP contribution in [0.4, 0.5) is 0 Å². The molecule has 100 valence electrons. The highest BCUT2D eigenvalue weighted by Crippen LogP contribution is 2.13. The number of amides is 1. The lowest BCUT2D eigenvalue weighted by atomic mass is 10.2. The average Bonchev–Trinajstić information content (AvgIpc) is 2.93. The highest BCUT2D eigenvalue weighted by molar-refractivity contribution is 7.03. The van der Waals surface area contributed by atoms with E-state index in [4.69, 9.17) is 4.74 Å². The summed E-state index contributed by atoms with van der Waals surface area (Å²) in [5.74, 6) is 0.566. The minimum Gasteiger partial charge on any atom is -0.489 e. The van der Waals surface area contributed by atoms with Crippen molar-refractivity contribution in [3.05, 3.63) is 40.9 Å². The number of benzene rings is 1. The van der Waals surface area contributed by atoms with Crippen LogP contribution in [0.5, 0.6) is 5.75 Å². The van der Waals surface area contributed by atoms with E-state index in [-0.39, 0.29) is 12.0 Å². The smallest absolute Gasteiger partial charge is 0.272 e. The number of aryl methyl sites for hydroxylation is 1. The van der Waals surface area contributed by atoms with E-state index in [9.17, 15) is 4.79 Å². The van der Waals surface area contributed by atoms with Gasteiger partial charge in [-0.2, -0.15) is 0 Å². The maximum absolute atomic E-state index is 11.6. The van der Waals surface area contributed by atoms with Gasteiger partial charge in [0.15, 0.2) is 5.69 Å². The van der Waals surface area contributed by atoms with Crippen molar-refractivity contribution < 1.29 is 9.53 Å². The summed E-state index contributed by atoms with van der Waals surface area (Å²) in [6, 6.07) is 7.80. The fourth-order valence-electron chi connectivity index (χ4n) is 1.48. The fraction of sp³-hybridized carbons (Fsp3) is 0.308. The Morgan fingerprint density at radius 2 is 2.16 bits per heavy atom. The van der Waals surface area contributed by atoms with E-state index in [2.05, 4.69) is 14.9 Å². The zero-order valence-electron chi connectivity index (χ0n) is 10.8. The fourth-order valence-corrected chi connectivity index (χ4v) is 1.92. The largest absolute Gasteiger partial charge is 0.489 e. The van der Waals surface area contributed by atoms with Crippen LogP contribution in [0.15, 0.2) is 29.6 Å². The first-order valence-electron chi connectivity index (χ1n) is 5.94. The second-order valence-corrected chi connectivity index (χ2v) is 4.85. The number of nitrogens with one attached hydrogen (secondary N) is 1. The molecule has 1 heterocycles. The van der Waals surface area contributed by atoms with Crippen LogP contribution in [-0.4, -0.2) is 28.1 Å². The molecular weight excluding hydrogens is 262 g/mol. The molecule has 0 saturated heterocycles. The molecule has 0 fully saturated rings. The van der Waals surface area contributed by atoms with Crippen molar-refractivity contribution >= 4 is 17.4 Å². The lowest BCUT2D eigenvalue weighted by Gasteiger charge is -2.15. The van der Waals surface area contributed by atoms with Gasteiger partial charge in [0.2, 0.25) is 0 Å². The van der Waals surface area contributed by atoms with Gasteiger partial charge in [0.25, 0.3) is 5.91 Å². The summed E-state index contributed by atoms with van der Waals surface area (Å²) in [6.07, 6.45) is -0.113. The van der Waals surface area contributed by atoms with Gasteiger partial charge in [0, 0.05) is 5.38 Å². The molecule has 0 aliphatic rings. The van der Waals surface area contributed by atoms with Crippen molar-refractivity contribution in [3.8, 4) is 5.75 Å². The second-order valence-electron chi connectivity index (χ2n) is 4.24. The topological polar surface area (TPSA) is 64.1 Å². The lowest BCUT2D eigenvalue weighted by molar-refractivity contribution is 0.0927. The van der Waals surface area contributed by atoms with Crippen molar-refractivity contribution in [2.75, 3.05) is 6.54 Å². The third-order valence-electron chi connectivity index (χ3n) is 2.50. The number of rotatable bonds is 5. The van der Waals surface area contributed by atoms with E-state index >= 15 is 0 Å². The monoisotopic (exact) mass is 277 g/mol. The van der Waals surface area contributed by atoms with Crippen LogP contribution < -0.4 is 10.1 Å². The molecular formula is C13H15N3O2S. The molecule has 1 amide bonds. The maximum Gasteiger partial charge on any atom is 0.272 e. The standard InChI is InChI=1S/C13H15N3O2S/c1-9-3-5-11(6-4-9)18-10(2)7-14-13(17)12-8-19-16-15-12/h3-6,8,10H,7H2,1-2H3,(H,14,17)/t10-/m1/s1. The first-order valence-corrected chi connectivity index (χ1v) is 6.77. The van der Waals surface area contributed by atoms with Gasteiger partial charge >= 0.3 is 0 Å². The van der Waals surface area contributed by atoms with Crippen molar-refractivity contribution in [2.45, 2.75) is 20.0 Å². The Labute approximate surface area is 115 Å². The Morgan fingerprint density at radius 3 is 2.79 bits per heavy atom. The van der Waals surface area contributed by atoms with Gasteiger partial charge in [-0.05, 0) is 37.5 Å². The number of carbonyl (C=O) groups excluding carboxylic acids is 1. The van der Waals surface area contributed by atoms with Crippen LogP contribution in [-0.2, 0) is 0 Å². The molecule has 0 radical (unpaired) electrons. The van der Waals surface area contributed by atoms with E-state index < -0.39 is 0 Å². The number of hydrogen-bond acceptors (Lipinski definition) is 5. The average molecular weight is 277 g/mol. The van der Waals surface area contributed by atoms with E-state index in [0.29, 0.717) is 12.2 Å². The Balaban J connectivity index is 1.80. The molecule has 1 aromatic heterocycles. The Morgan fingerprint density at radius 1 is 1.42 bits per heavy atom. The van der Waals surface area contributed by atoms with Crippen molar-refractivity contribution in [1.29, 1.82) is 0 Å². The SMILES string of the molecule is Cc1ccc(O[C@H](C)CNC(=O)c2csnn2)cc1. The van der Waals surface area contributed by atoms with Crippen LogP contribution >= 0.6 is 11.5 Å². The van der Waals surface area contributed by atoms with Gasteiger partial charge in [-0.15, -0.1) is 5.10 Å². The quantitative estimate of drug-likeness (QED) is 0.908.